The molecule has 1 unspecified atom stereocenters. The summed E-state index contributed by atoms with van der Waals surface area (Å²) in [6.45, 7) is 4.80. The van der Waals surface area contributed by atoms with Crippen molar-refractivity contribution < 1.29 is 4.79 Å². The van der Waals surface area contributed by atoms with Crippen LogP contribution >= 0.6 is 24.0 Å². The van der Waals surface area contributed by atoms with Crippen molar-refractivity contribution in [2.45, 2.75) is 32.6 Å². The topological polar surface area (TPSA) is 71.8 Å². The van der Waals surface area contributed by atoms with Gasteiger partial charge >= 0.3 is 0 Å². The number of nitrogens with zero attached hydrogens (tertiary/aromatic N) is 3. The average molecular weight is 398 g/mol. The van der Waals surface area contributed by atoms with E-state index >= 15 is 0 Å². The van der Waals surface area contributed by atoms with Crippen LogP contribution in [0.15, 0.2) is 24.3 Å². The van der Waals surface area contributed by atoms with Crippen molar-refractivity contribution in [1.82, 2.24) is 25.6 Å². The lowest BCUT2D eigenvalue weighted by atomic mass is 9.96. The van der Waals surface area contributed by atoms with E-state index in [1.165, 1.54) is 12.8 Å². The van der Waals surface area contributed by atoms with Crippen LogP contribution in [-0.4, -0.2) is 40.5 Å². The summed E-state index contributed by atoms with van der Waals surface area (Å²) in [5.74, 6) is 0.482. The molecular weight excluding hydrogens is 373 g/mol. The van der Waals surface area contributed by atoms with Crippen molar-refractivity contribution in [3.8, 4) is 5.69 Å². The molecule has 0 spiro atoms. The Bertz CT molecular complexity index is 728. The Balaban J connectivity index is 0.00000243. The SMILES string of the molecule is CCc1c(C(=O)NCCC2CCCNC2)nnn1-c1cccc(Cl)c1.Cl. The molecule has 2 aromatic rings. The number of hydrogen-bond donors (Lipinski definition) is 2. The first kappa shape index (κ1) is 20.7. The summed E-state index contributed by atoms with van der Waals surface area (Å²) in [6.07, 6.45) is 4.10. The molecule has 0 radical (unpaired) electrons. The number of rotatable bonds is 6. The highest BCUT2D eigenvalue weighted by Gasteiger charge is 2.20. The highest BCUT2D eigenvalue weighted by Crippen LogP contribution is 2.18. The fourth-order valence-electron chi connectivity index (χ4n) is 3.25. The quantitative estimate of drug-likeness (QED) is 0.785. The van der Waals surface area contributed by atoms with Gasteiger partial charge in [0.25, 0.3) is 5.91 Å². The van der Waals surface area contributed by atoms with E-state index in [4.69, 9.17) is 11.6 Å². The van der Waals surface area contributed by atoms with Crippen molar-refractivity contribution >= 4 is 29.9 Å². The molecule has 1 amide bonds. The number of amides is 1. The number of hydrogen-bond acceptors (Lipinski definition) is 4. The van der Waals surface area contributed by atoms with Gasteiger partial charge in [0.15, 0.2) is 5.69 Å². The molecule has 142 valence electrons. The number of carbonyl (C=O) groups excluding carboxylic acids is 1. The van der Waals surface area contributed by atoms with Gasteiger partial charge in [-0.25, -0.2) is 4.68 Å². The maximum atomic E-state index is 12.5. The standard InChI is InChI=1S/C18H24ClN5O.ClH/c1-2-16-17(18(25)21-10-8-13-5-4-9-20-12-13)22-23-24(16)15-7-3-6-14(19)11-15;/h3,6-7,11,13,20H,2,4-5,8-10,12H2,1H3,(H,21,25);1H. The molecule has 1 fully saturated rings. The van der Waals surface area contributed by atoms with Crippen molar-refractivity contribution in [2.75, 3.05) is 19.6 Å². The van der Waals surface area contributed by atoms with Crippen molar-refractivity contribution in [3.63, 3.8) is 0 Å². The summed E-state index contributed by atoms with van der Waals surface area (Å²) >= 11 is 6.06. The Hall–Kier alpha value is -1.63. The minimum absolute atomic E-state index is 0. The molecule has 1 atom stereocenters. The van der Waals surface area contributed by atoms with Gasteiger partial charge in [0.05, 0.1) is 11.4 Å². The van der Waals surface area contributed by atoms with Crippen LogP contribution in [-0.2, 0) is 6.42 Å². The van der Waals surface area contributed by atoms with Gasteiger partial charge in [-0.15, -0.1) is 17.5 Å². The van der Waals surface area contributed by atoms with E-state index in [0.29, 0.717) is 29.6 Å². The molecule has 1 aromatic carbocycles. The normalized spacial score (nSPS) is 16.8. The lowest BCUT2D eigenvalue weighted by Crippen LogP contribution is -2.33. The molecule has 2 heterocycles. The first-order chi connectivity index (χ1) is 12.2. The number of carbonyl (C=O) groups is 1. The fraction of sp³-hybridized carbons (Fsp3) is 0.500. The van der Waals surface area contributed by atoms with Crippen LogP contribution in [0.1, 0.15) is 42.4 Å². The zero-order valence-corrected chi connectivity index (χ0v) is 16.4. The Kier molecular flexibility index (Phi) is 7.87. The van der Waals surface area contributed by atoms with Crippen LogP contribution in [0.5, 0.6) is 0 Å². The van der Waals surface area contributed by atoms with E-state index in [-0.39, 0.29) is 18.3 Å². The highest BCUT2D eigenvalue weighted by molar-refractivity contribution is 6.30. The summed E-state index contributed by atoms with van der Waals surface area (Å²) in [5.41, 5.74) is 1.99. The fourth-order valence-corrected chi connectivity index (χ4v) is 3.44. The Morgan fingerprint density at radius 3 is 3.00 bits per heavy atom. The maximum Gasteiger partial charge on any atom is 0.273 e. The third kappa shape index (κ3) is 4.96. The molecule has 1 aliphatic heterocycles. The number of nitrogens with one attached hydrogen (secondary N) is 2. The van der Waals surface area contributed by atoms with Crippen LogP contribution in [0.2, 0.25) is 5.02 Å². The van der Waals surface area contributed by atoms with E-state index in [1.54, 1.807) is 10.7 Å². The van der Waals surface area contributed by atoms with Crippen LogP contribution in [0.25, 0.3) is 5.69 Å². The van der Waals surface area contributed by atoms with Crippen molar-refractivity contribution in [2.24, 2.45) is 5.92 Å². The summed E-state index contributed by atoms with van der Waals surface area (Å²) in [5, 5.41) is 15.3. The number of benzene rings is 1. The van der Waals surface area contributed by atoms with Crippen molar-refractivity contribution in [3.05, 3.63) is 40.7 Å². The molecule has 0 bridgehead atoms. The van der Waals surface area contributed by atoms with Gasteiger partial charge in [-0.05, 0) is 62.9 Å². The minimum atomic E-state index is -0.158. The minimum Gasteiger partial charge on any atom is -0.351 e. The third-order valence-corrected chi connectivity index (χ3v) is 4.84. The van der Waals surface area contributed by atoms with E-state index in [9.17, 15) is 4.79 Å². The number of halogens is 2. The summed E-state index contributed by atoms with van der Waals surface area (Å²) < 4.78 is 1.69. The van der Waals surface area contributed by atoms with Gasteiger partial charge in [-0.1, -0.05) is 29.8 Å². The zero-order valence-electron chi connectivity index (χ0n) is 14.9. The van der Waals surface area contributed by atoms with Gasteiger partial charge in [0.1, 0.15) is 0 Å². The molecular formula is C18H25Cl2N5O. The van der Waals surface area contributed by atoms with E-state index in [2.05, 4.69) is 20.9 Å². The molecule has 1 saturated heterocycles. The first-order valence-corrected chi connectivity index (χ1v) is 9.26. The van der Waals surface area contributed by atoms with E-state index in [1.807, 2.05) is 25.1 Å². The summed E-state index contributed by atoms with van der Waals surface area (Å²) in [6, 6.07) is 7.38. The Morgan fingerprint density at radius 1 is 1.46 bits per heavy atom. The molecule has 26 heavy (non-hydrogen) atoms. The predicted molar refractivity (Wildman–Crippen MR) is 106 cm³/mol. The Morgan fingerprint density at radius 2 is 2.31 bits per heavy atom. The van der Waals surface area contributed by atoms with Gasteiger partial charge in [-0.2, -0.15) is 0 Å². The maximum absolute atomic E-state index is 12.5. The largest absolute Gasteiger partial charge is 0.351 e. The molecule has 1 aromatic heterocycles. The third-order valence-electron chi connectivity index (χ3n) is 4.60. The van der Waals surface area contributed by atoms with Crippen LogP contribution < -0.4 is 10.6 Å². The van der Waals surface area contributed by atoms with Crippen LogP contribution in [0, 0.1) is 5.92 Å². The second-order valence-corrected chi connectivity index (χ2v) is 6.82. The van der Waals surface area contributed by atoms with Gasteiger partial charge in [-0.3, -0.25) is 4.79 Å². The molecule has 0 saturated carbocycles. The molecule has 6 nitrogen and oxygen atoms in total. The van der Waals surface area contributed by atoms with Gasteiger partial charge < -0.3 is 10.6 Å². The second-order valence-electron chi connectivity index (χ2n) is 6.39. The van der Waals surface area contributed by atoms with Gasteiger partial charge in [0.2, 0.25) is 0 Å². The smallest absolute Gasteiger partial charge is 0.273 e. The predicted octanol–water partition coefficient (Wildman–Crippen LogP) is 3.02. The zero-order chi connectivity index (χ0) is 17.6. The molecule has 3 rings (SSSR count). The van der Waals surface area contributed by atoms with Gasteiger partial charge in [0, 0.05) is 11.6 Å². The summed E-state index contributed by atoms with van der Waals surface area (Å²) in [7, 11) is 0. The summed E-state index contributed by atoms with van der Waals surface area (Å²) in [4.78, 5) is 12.5. The van der Waals surface area contributed by atoms with E-state index in [0.717, 1.165) is 30.9 Å². The molecule has 8 heteroatoms. The second kappa shape index (κ2) is 9.90. The van der Waals surface area contributed by atoms with Crippen LogP contribution in [0.4, 0.5) is 0 Å². The van der Waals surface area contributed by atoms with E-state index < -0.39 is 0 Å². The lowest BCUT2D eigenvalue weighted by Gasteiger charge is -2.22. The van der Waals surface area contributed by atoms with Crippen molar-refractivity contribution in [1.29, 1.82) is 0 Å². The lowest BCUT2D eigenvalue weighted by molar-refractivity contribution is 0.0944. The van der Waals surface area contributed by atoms with Crippen LogP contribution in [0.3, 0.4) is 0 Å². The molecule has 2 N–H and O–H groups in total. The molecule has 1 aliphatic rings. The number of piperidine rings is 1. The molecule has 0 aliphatic carbocycles. The highest BCUT2D eigenvalue weighted by atomic mass is 35.5. The first-order valence-electron chi connectivity index (χ1n) is 8.88. The number of aromatic nitrogens is 3. The monoisotopic (exact) mass is 397 g/mol. The Labute approximate surface area is 165 Å². The average Bonchev–Trinajstić information content (AvgIpc) is 3.06.